The van der Waals surface area contributed by atoms with Crippen LogP contribution in [0, 0.1) is 0 Å². The molecule has 1 aromatic carbocycles. The lowest BCUT2D eigenvalue weighted by Crippen LogP contribution is -2.59. The molecule has 0 aliphatic carbocycles. The minimum Gasteiger partial charge on any atom is -0.475 e. The number of anilines is 1. The van der Waals surface area contributed by atoms with Crippen molar-refractivity contribution in [1.82, 2.24) is 24.8 Å². The number of carboxylic acid groups (broad SMARTS) is 1. The fourth-order valence-electron chi connectivity index (χ4n) is 3.63. The summed E-state index contributed by atoms with van der Waals surface area (Å²) >= 11 is 5.99. The van der Waals surface area contributed by atoms with Gasteiger partial charge in [-0.2, -0.15) is 0 Å². The number of benzene rings is 1. The predicted octanol–water partition coefficient (Wildman–Crippen LogP) is 4.02. The fraction of sp³-hybridized carbons (Fsp3) is 0.250. The summed E-state index contributed by atoms with van der Waals surface area (Å²) in [4.78, 5) is 51.4. The summed E-state index contributed by atoms with van der Waals surface area (Å²) in [6.45, 7) is 2.55. The number of hydrogen-bond donors (Lipinski definition) is 2. The van der Waals surface area contributed by atoms with E-state index in [1.54, 1.807) is 29.2 Å². The Morgan fingerprint density at radius 3 is 2.39 bits per heavy atom. The molecule has 1 aliphatic heterocycles. The number of carbonyl (C=O) groups excluding carboxylic acids is 2. The molecule has 186 valence electrons. The Hall–Kier alpha value is -4.25. The van der Waals surface area contributed by atoms with Crippen molar-refractivity contribution in [2.75, 3.05) is 11.9 Å². The molecule has 11 nitrogen and oxygen atoms in total. The van der Waals surface area contributed by atoms with Gasteiger partial charge in [0, 0.05) is 18.1 Å². The maximum absolute atomic E-state index is 13.2. The molecular weight excluding hydrogens is 488 g/mol. The minimum atomic E-state index is -1.23. The lowest BCUT2D eigenvalue weighted by molar-refractivity contribution is -0.132. The van der Waals surface area contributed by atoms with E-state index in [0.717, 1.165) is 5.56 Å². The van der Waals surface area contributed by atoms with E-state index >= 15 is 0 Å². The summed E-state index contributed by atoms with van der Waals surface area (Å²) in [6, 6.07) is 10.1. The minimum absolute atomic E-state index is 0.0898. The van der Waals surface area contributed by atoms with Gasteiger partial charge in [-0.1, -0.05) is 30.7 Å². The highest BCUT2D eigenvalue weighted by Gasteiger charge is 2.38. The van der Waals surface area contributed by atoms with Gasteiger partial charge in [0.2, 0.25) is 11.7 Å². The second-order valence-corrected chi connectivity index (χ2v) is 8.41. The van der Waals surface area contributed by atoms with Crippen molar-refractivity contribution < 1.29 is 24.2 Å². The van der Waals surface area contributed by atoms with Crippen LogP contribution >= 0.6 is 11.6 Å². The van der Waals surface area contributed by atoms with Crippen LogP contribution in [0.1, 0.15) is 35.9 Å². The van der Waals surface area contributed by atoms with E-state index in [1.165, 1.54) is 23.5 Å². The Labute approximate surface area is 211 Å². The second-order valence-electron chi connectivity index (χ2n) is 7.98. The molecule has 1 fully saturated rings. The molecule has 0 spiro atoms. The van der Waals surface area contributed by atoms with Crippen LogP contribution in [0.15, 0.2) is 55.0 Å². The van der Waals surface area contributed by atoms with Gasteiger partial charge in [-0.15, -0.1) is 0 Å². The SMILES string of the molecule is CCCN1C(=O)CC(Nc2ccc(Oc3cnc(C(=O)O)nc3)cn2)N(Cc2ccc(Cl)cc2)C1=O. The van der Waals surface area contributed by atoms with Crippen molar-refractivity contribution in [2.45, 2.75) is 32.5 Å². The van der Waals surface area contributed by atoms with Gasteiger partial charge in [0.15, 0.2) is 5.75 Å². The van der Waals surface area contributed by atoms with Crippen molar-refractivity contribution in [1.29, 1.82) is 0 Å². The summed E-state index contributed by atoms with van der Waals surface area (Å²) in [7, 11) is 0. The molecule has 3 aromatic rings. The lowest BCUT2D eigenvalue weighted by atomic mass is 10.1. The molecule has 1 unspecified atom stereocenters. The van der Waals surface area contributed by atoms with Crippen molar-refractivity contribution in [2.24, 2.45) is 0 Å². The molecule has 0 saturated carbocycles. The third-order valence-corrected chi connectivity index (χ3v) is 5.59. The summed E-state index contributed by atoms with van der Waals surface area (Å²) in [6.07, 6.45) is 4.10. The van der Waals surface area contributed by atoms with Crippen LogP contribution in [0.5, 0.6) is 11.5 Å². The van der Waals surface area contributed by atoms with Crippen molar-refractivity contribution in [3.8, 4) is 11.5 Å². The first kappa shape index (κ1) is 24.9. The molecular formula is C24H23ClN6O5. The van der Waals surface area contributed by atoms with Gasteiger partial charge >= 0.3 is 12.0 Å². The third kappa shape index (κ3) is 5.87. The van der Waals surface area contributed by atoms with Gasteiger partial charge in [-0.3, -0.25) is 14.6 Å². The zero-order valence-electron chi connectivity index (χ0n) is 19.3. The highest BCUT2D eigenvalue weighted by Crippen LogP contribution is 2.25. The highest BCUT2D eigenvalue weighted by atomic mass is 35.5. The maximum atomic E-state index is 13.2. The molecule has 12 heteroatoms. The monoisotopic (exact) mass is 510 g/mol. The molecule has 3 heterocycles. The first-order valence-corrected chi connectivity index (χ1v) is 11.5. The normalized spacial score (nSPS) is 15.7. The molecule has 1 aliphatic rings. The number of pyridine rings is 1. The molecule has 36 heavy (non-hydrogen) atoms. The number of amides is 3. The molecule has 3 amide bonds. The number of carbonyl (C=O) groups is 3. The van der Waals surface area contributed by atoms with Crippen LogP contribution < -0.4 is 10.1 Å². The Balaban J connectivity index is 1.48. The number of nitrogens with zero attached hydrogens (tertiary/aromatic N) is 5. The number of rotatable bonds is 9. The Morgan fingerprint density at radius 2 is 1.78 bits per heavy atom. The fourth-order valence-corrected chi connectivity index (χ4v) is 3.76. The molecule has 2 aromatic heterocycles. The Bertz CT molecular complexity index is 1240. The number of nitrogens with one attached hydrogen (secondary N) is 1. The molecule has 1 saturated heterocycles. The van der Waals surface area contributed by atoms with E-state index in [-0.39, 0.29) is 36.5 Å². The average Bonchev–Trinajstić information content (AvgIpc) is 2.87. The summed E-state index contributed by atoms with van der Waals surface area (Å²) < 4.78 is 5.60. The van der Waals surface area contributed by atoms with Crippen molar-refractivity contribution in [3.05, 3.63) is 71.4 Å². The molecule has 1 atom stereocenters. The average molecular weight is 511 g/mol. The maximum Gasteiger partial charge on any atom is 0.373 e. The first-order valence-electron chi connectivity index (χ1n) is 11.1. The van der Waals surface area contributed by atoms with E-state index in [1.807, 2.05) is 19.1 Å². The topological polar surface area (TPSA) is 138 Å². The van der Waals surface area contributed by atoms with Crippen LogP contribution in [-0.4, -0.2) is 60.5 Å². The standard InChI is InChI=1S/C24H23ClN6O5/c1-2-9-30-21(32)10-20(31(24(30)35)14-15-3-5-16(25)6-4-15)29-19-8-7-17(11-26-19)36-18-12-27-22(23(33)34)28-13-18/h3-8,11-13,20H,2,9-10,14H2,1H3,(H,26,29)(H,33,34). The number of aromatic nitrogens is 3. The number of carboxylic acids is 1. The first-order chi connectivity index (χ1) is 17.3. The van der Waals surface area contributed by atoms with Gasteiger partial charge < -0.3 is 15.2 Å². The van der Waals surface area contributed by atoms with E-state index < -0.39 is 12.1 Å². The van der Waals surface area contributed by atoms with E-state index in [2.05, 4.69) is 20.3 Å². The van der Waals surface area contributed by atoms with E-state index in [4.69, 9.17) is 21.4 Å². The number of halogens is 1. The van der Waals surface area contributed by atoms with E-state index in [0.29, 0.717) is 29.6 Å². The number of urea groups is 1. The zero-order valence-corrected chi connectivity index (χ0v) is 20.1. The van der Waals surface area contributed by atoms with Crippen LogP contribution in [-0.2, 0) is 11.3 Å². The summed E-state index contributed by atoms with van der Waals surface area (Å²) in [5.41, 5.74) is 0.873. The third-order valence-electron chi connectivity index (χ3n) is 5.34. The molecule has 4 rings (SSSR count). The Morgan fingerprint density at radius 1 is 1.08 bits per heavy atom. The second kappa shape index (κ2) is 11.0. The van der Waals surface area contributed by atoms with Gasteiger partial charge in [0.1, 0.15) is 17.7 Å². The molecule has 0 bridgehead atoms. The lowest BCUT2D eigenvalue weighted by Gasteiger charge is -2.40. The largest absolute Gasteiger partial charge is 0.475 e. The van der Waals surface area contributed by atoms with Gasteiger partial charge in [-0.25, -0.2) is 24.5 Å². The zero-order chi connectivity index (χ0) is 25.7. The number of hydrogen-bond acceptors (Lipinski definition) is 8. The van der Waals surface area contributed by atoms with Crippen molar-refractivity contribution in [3.63, 3.8) is 0 Å². The Kier molecular flexibility index (Phi) is 7.59. The molecule has 2 N–H and O–H groups in total. The van der Waals surface area contributed by atoms with Crippen molar-refractivity contribution >= 4 is 35.3 Å². The van der Waals surface area contributed by atoms with Gasteiger partial charge in [-0.05, 0) is 36.2 Å². The smallest absolute Gasteiger partial charge is 0.373 e. The summed E-state index contributed by atoms with van der Waals surface area (Å²) in [5.74, 6) is -0.767. The number of aromatic carboxylic acids is 1. The van der Waals surface area contributed by atoms with Gasteiger partial charge in [0.05, 0.1) is 25.0 Å². The van der Waals surface area contributed by atoms with E-state index in [9.17, 15) is 14.4 Å². The summed E-state index contributed by atoms with van der Waals surface area (Å²) in [5, 5.41) is 12.6. The van der Waals surface area contributed by atoms with Crippen LogP contribution in [0.3, 0.4) is 0 Å². The predicted molar refractivity (Wildman–Crippen MR) is 130 cm³/mol. The van der Waals surface area contributed by atoms with Crippen LogP contribution in [0.2, 0.25) is 5.02 Å². The number of ether oxygens (including phenoxy) is 1. The number of imide groups is 1. The van der Waals surface area contributed by atoms with Crippen LogP contribution in [0.25, 0.3) is 0 Å². The molecule has 0 radical (unpaired) electrons. The van der Waals surface area contributed by atoms with Gasteiger partial charge in [0.25, 0.3) is 0 Å². The van der Waals surface area contributed by atoms with Crippen LogP contribution in [0.4, 0.5) is 10.6 Å². The quantitative estimate of drug-likeness (QED) is 0.437. The highest BCUT2D eigenvalue weighted by molar-refractivity contribution is 6.30.